The Morgan fingerprint density at radius 3 is 2.56 bits per heavy atom. The summed E-state index contributed by atoms with van der Waals surface area (Å²) in [5, 5.41) is 4.11. The van der Waals surface area contributed by atoms with E-state index in [9.17, 15) is 18.0 Å². The molecule has 9 nitrogen and oxygen atoms in total. The number of esters is 1. The summed E-state index contributed by atoms with van der Waals surface area (Å²) in [6.07, 6.45) is 0. The van der Waals surface area contributed by atoms with Crippen LogP contribution in [0.15, 0.2) is 62.7 Å². The fourth-order valence-corrected chi connectivity index (χ4v) is 4.39. The number of methoxy groups -OCH3 is 1. The topological polar surface area (TPSA) is 114 Å². The molecule has 0 aliphatic heterocycles. The first-order valence-electron chi connectivity index (χ1n) is 9.01. The van der Waals surface area contributed by atoms with E-state index in [1.54, 1.807) is 31.2 Å². The third kappa shape index (κ3) is 5.12. The Labute approximate surface area is 196 Å². The third-order valence-electron chi connectivity index (χ3n) is 4.01. The maximum atomic E-state index is 12.9. The number of halogens is 2. The number of nitrogens with zero attached hydrogens (tertiary/aromatic N) is 2. The Hall–Kier alpha value is -2.89. The summed E-state index contributed by atoms with van der Waals surface area (Å²) in [7, 11) is -3.29. The smallest absolute Gasteiger partial charge is 0.362 e. The van der Waals surface area contributed by atoms with Crippen molar-refractivity contribution in [1.29, 1.82) is 0 Å². The second-order valence-corrected chi connectivity index (χ2v) is 9.01. The quantitative estimate of drug-likeness (QED) is 0.328. The molecule has 0 N–H and O–H groups in total. The molecule has 1 heterocycles. The predicted octanol–water partition coefficient (Wildman–Crippen LogP) is 3.60. The standard InChI is InChI=1S/C20H16BrClN2O7S/c1-3-30-20(26)19-16(11-18(25)24(23-19)14-6-4-5-12(21)9-14)31-32(27,28)17-10-13(22)7-8-15(17)29-2/h4-11H,3H2,1-2H3. The zero-order chi connectivity index (χ0) is 23.5. The van der Waals surface area contributed by atoms with Gasteiger partial charge in [0.05, 0.1) is 25.5 Å². The van der Waals surface area contributed by atoms with Crippen LogP contribution in [-0.2, 0) is 14.9 Å². The summed E-state index contributed by atoms with van der Waals surface area (Å²) in [5.74, 6) is -1.61. The molecule has 12 heteroatoms. The van der Waals surface area contributed by atoms with Crippen molar-refractivity contribution in [3.63, 3.8) is 0 Å². The number of hydrogen-bond donors (Lipinski definition) is 0. The molecule has 32 heavy (non-hydrogen) atoms. The van der Waals surface area contributed by atoms with Crippen molar-refractivity contribution in [2.24, 2.45) is 0 Å². The normalized spacial score (nSPS) is 11.1. The van der Waals surface area contributed by atoms with Crippen LogP contribution >= 0.6 is 27.5 Å². The van der Waals surface area contributed by atoms with Gasteiger partial charge in [0.25, 0.3) is 5.56 Å². The van der Waals surface area contributed by atoms with Gasteiger partial charge in [0, 0.05) is 9.50 Å². The fraction of sp³-hybridized carbons (Fsp3) is 0.150. The van der Waals surface area contributed by atoms with Crippen LogP contribution in [0.1, 0.15) is 17.4 Å². The van der Waals surface area contributed by atoms with Gasteiger partial charge in [0.2, 0.25) is 5.69 Å². The van der Waals surface area contributed by atoms with Gasteiger partial charge in [-0.2, -0.15) is 18.2 Å². The fourth-order valence-electron chi connectivity index (χ4n) is 2.65. The van der Waals surface area contributed by atoms with Crippen LogP contribution in [0.5, 0.6) is 11.5 Å². The van der Waals surface area contributed by atoms with Crippen molar-refractivity contribution in [1.82, 2.24) is 9.78 Å². The predicted molar refractivity (Wildman–Crippen MR) is 119 cm³/mol. The van der Waals surface area contributed by atoms with E-state index in [0.717, 1.165) is 16.8 Å². The van der Waals surface area contributed by atoms with Gasteiger partial charge in [-0.15, -0.1) is 0 Å². The van der Waals surface area contributed by atoms with E-state index in [1.165, 1.54) is 19.2 Å². The second kappa shape index (κ2) is 9.72. The minimum Gasteiger partial charge on any atom is -0.495 e. The van der Waals surface area contributed by atoms with Gasteiger partial charge < -0.3 is 13.7 Å². The average Bonchev–Trinajstić information content (AvgIpc) is 2.73. The molecule has 0 atom stereocenters. The first-order valence-corrected chi connectivity index (χ1v) is 11.6. The maximum Gasteiger partial charge on any atom is 0.362 e. The lowest BCUT2D eigenvalue weighted by atomic mass is 10.3. The highest BCUT2D eigenvalue weighted by Crippen LogP contribution is 2.30. The minimum absolute atomic E-state index is 0.00910. The van der Waals surface area contributed by atoms with Crippen LogP contribution in [-0.4, -0.2) is 37.9 Å². The van der Waals surface area contributed by atoms with Crippen molar-refractivity contribution in [2.75, 3.05) is 13.7 Å². The molecule has 0 saturated heterocycles. The summed E-state index contributed by atoms with van der Waals surface area (Å²) < 4.78 is 42.6. The van der Waals surface area contributed by atoms with Gasteiger partial charge in [0.15, 0.2) is 5.75 Å². The molecule has 3 aromatic rings. The Balaban J connectivity index is 2.16. The molecule has 0 aliphatic rings. The molecule has 0 unspecified atom stereocenters. The van der Waals surface area contributed by atoms with Crippen molar-refractivity contribution < 1.29 is 26.9 Å². The molecular weight excluding hydrogens is 528 g/mol. The Kier molecular flexibility index (Phi) is 7.22. The zero-order valence-electron chi connectivity index (χ0n) is 16.7. The number of carbonyl (C=O) groups excluding carboxylic acids is 1. The van der Waals surface area contributed by atoms with Gasteiger partial charge in [-0.1, -0.05) is 33.6 Å². The molecule has 0 spiro atoms. The third-order valence-corrected chi connectivity index (χ3v) is 6.00. The molecule has 0 saturated carbocycles. The van der Waals surface area contributed by atoms with Crippen molar-refractivity contribution >= 4 is 43.6 Å². The Morgan fingerprint density at radius 2 is 1.91 bits per heavy atom. The van der Waals surface area contributed by atoms with Gasteiger partial charge in [-0.25, -0.2) is 4.79 Å². The molecule has 0 radical (unpaired) electrons. The molecule has 1 aromatic heterocycles. The average molecular weight is 544 g/mol. The van der Waals surface area contributed by atoms with Gasteiger partial charge in [-0.05, 0) is 43.3 Å². The van der Waals surface area contributed by atoms with E-state index < -0.39 is 38.0 Å². The number of benzene rings is 2. The van der Waals surface area contributed by atoms with Crippen LogP contribution in [0.2, 0.25) is 5.02 Å². The summed E-state index contributed by atoms with van der Waals surface area (Å²) in [6.45, 7) is 1.56. The summed E-state index contributed by atoms with van der Waals surface area (Å²) >= 11 is 9.21. The summed E-state index contributed by atoms with van der Waals surface area (Å²) in [6, 6.07) is 11.3. The first kappa shape index (κ1) is 23.8. The van der Waals surface area contributed by atoms with Crippen molar-refractivity contribution in [2.45, 2.75) is 11.8 Å². The molecule has 0 amide bonds. The molecule has 0 aliphatic carbocycles. The van der Waals surface area contributed by atoms with E-state index in [4.69, 9.17) is 25.3 Å². The van der Waals surface area contributed by atoms with E-state index in [-0.39, 0.29) is 17.4 Å². The molecule has 3 rings (SSSR count). The van der Waals surface area contributed by atoms with Crippen LogP contribution < -0.4 is 14.5 Å². The van der Waals surface area contributed by atoms with Crippen molar-refractivity contribution in [3.05, 3.63) is 74.1 Å². The Morgan fingerprint density at radius 1 is 1.16 bits per heavy atom. The van der Waals surface area contributed by atoms with Gasteiger partial charge in [-0.3, -0.25) is 4.79 Å². The van der Waals surface area contributed by atoms with E-state index in [1.807, 2.05) is 0 Å². The molecule has 0 bridgehead atoms. The monoisotopic (exact) mass is 542 g/mol. The van der Waals surface area contributed by atoms with Gasteiger partial charge >= 0.3 is 16.1 Å². The second-order valence-electron chi connectivity index (χ2n) is 6.14. The zero-order valence-corrected chi connectivity index (χ0v) is 19.9. The Bertz CT molecular complexity index is 1340. The van der Waals surface area contributed by atoms with Crippen LogP contribution in [0, 0.1) is 0 Å². The number of hydrogen-bond acceptors (Lipinski definition) is 8. The first-order chi connectivity index (χ1) is 15.2. The lowest BCUT2D eigenvalue weighted by Gasteiger charge is -2.14. The molecule has 0 fully saturated rings. The molecule has 2 aromatic carbocycles. The number of aromatic nitrogens is 2. The number of carbonyl (C=O) groups is 1. The lowest BCUT2D eigenvalue weighted by molar-refractivity contribution is 0.0515. The van der Waals surface area contributed by atoms with Crippen LogP contribution in [0.25, 0.3) is 5.69 Å². The van der Waals surface area contributed by atoms with Crippen LogP contribution in [0.3, 0.4) is 0 Å². The van der Waals surface area contributed by atoms with E-state index in [0.29, 0.717) is 10.2 Å². The highest BCUT2D eigenvalue weighted by molar-refractivity contribution is 9.10. The highest BCUT2D eigenvalue weighted by Gasteiger charge is 2.28. The maximum absolute atomic E-state index is 12.9. The highest BCUT2D eigenvalue weighted by atomic mass is 79.9. The van der Waals surface area contributed by atoms with E-state index >= 15 is 0 Å². The van der Waals surface area contributed by atoms with E-state index in [2.05, 4.69) is 21.0 Å². The van der Waals surface area contributed by atoms with Gasteiger partial charge in [0.1, 0.15) is 10.6 Å². The summed E-state index contributed by atoms with van der Waals surface area (Å²) in [4.78, 5) is 24.8. The van der Waals surface area contributed by atoms with Crippen molar-refractivity contribution in [3.8, 4) is 17.2 Å². The minimum atomic E-state index is -4.56. The summed E-state index contributed by atoms with van der Waals surface area (Å²) in [5.41, 5.74) is -0.906. The number of rotatable bonds is 7. The molecular formula is C20H16BrClN2O7S. The lowest BCUT2D eigenvalue weighted by Crippen LogP contribution is -2.26. The number of ether oxygens (including phenoxy) is 2. The van der Waals surface area contributed by atoms with Crippen LogP contribution in [0.4, 0.5) is 0 Å². The largest absolute Gasteiger partial charge is 0.495 e. The SMILES string of the molecule is CCOC(=O)c1nn(-c2cccc(Br)c2)c(=O)cc1OS(=O)(=O)c1cc(Cl)ccc1OC. The molecule has 168 valence electrons.